The molecule has 0 aliphatic heterocycles. The molecule has 0 aromatic heterocycles. The van der Waals surface area contributed by atoms with Crippen LogP contribution in [-0.4, -0.2) is 0 Å². The van der Waals surface area contributed by atoms with E-state index >= 15 is 0 Å². The Hall–Kier alpha value is -1.29. The molecule has 1 heteroatoms. The summed E-state index contributed by atoms with van der Waals surface area (Å²) in [5, 5.41) is 8.32. The Bertz CT molecular complexity index is 192. The van der Waals surface area contributed by atoms with Crippen LogP contribution in [0.15, 0.2) is 36.5 Å². The van der Waals surface area contributed by atoms with Crippen molar-refractivity contribution in [2.75, 3.05) is 0 Å². The number of rotatable bonds is 3. The average Bonchev–Trinajstić information content (AvgIpc) is 2.15. The molecule has 0 fully saturated rings. The lowest BCUT2D eigenvalue weighted by molar-refractivity contribution is 1.26. The van der Waals surface area contributed by atoms with E-state index in [0.717, 1.165) is 5.57 Å². The van der Waals surface area contributed by atoms with Crippen molar-refractivity contribution >= 4 is 0 Å². The summed E-state index contributed by atoms with van der Waals surface area (Å²) in [4.78, 5) is 0. The van der Waals surface area contributed by atoms with E-state index in [1.165, 1.54) is 0 Å². The van der Waals surface area contributed by atoms with Crippen LogP contribution in [0.2, 0.25) is 0 Å². The molecule has 0 unspecified atom stereocenters. The van der Waals surface area contributed by atoms with E-state index < -0.39 is 0 Å². The highest BCUT2D eigenvalue weighted by molar-refractivity contribution is 5.23. The van der Waals surface area contributed by atoms with Crippen LogP contribution >= 0.6 is 0 Å². The molecule has 0 N–H and O–H groups in total. The van der Waals surface area contributed by atoms with Gasteiger partial charge in [-0.15, -0.1) is 0 Å². The van der Waals surface area contributed by atoms with Gasteiger partial charge in [0, 0.05) is 0 Å². The molecule has 0 aliphatic rings. The average molecular weight is 163 g/mol. The van der Waals surface area contributed by atoms with E-state index in [0.29, 0.717) is 6.42 Å². The van der Waals surface area contributed by atoms with Gasteiger partial charge in [-0.1, -0.05) is 44.7 Å². The smallest absolute Gasteiger partial charge is 0.0669 e. The maximum absolute atomic E-state index is 8.32. The third kappa shape index (κ3) is 8.71. The minimum atomic E-state index is 0.473. The normalized spacial score (nSPS) is 10.0. The Kier molecular flexibility index (Phi) is 13.7. The molecule has 0 amide bonds. The molecule has 0 saturated carbocycles. The van der Waals surface area contributed by atoms with Gasteiger partial charge in [-0.3, -0.25) is 0 Å². The SMILES string of the molecule is C=C/C=C\C(=C/C)CC#N.CC. The molecule has 0 bridgehead atoms. The lowest BCUT2D eigenvalue weighted by Gasteiger charge is -1.88. The second kappa shape index (κ2) is 12.4. The summed E-state index contributed by atoms with van der Waals surface area (Å²) < 4.78 is 0. The molecular formula is C11H17N. The van der Waals surface area contributed by atoms with Gasteiger partial charge < -0.3 is 0 Å². The summed E-state index contributed by atoms with van der Waals surface area (Å²) >= 11 is 0. The van der Waals surface area contributed by atoms with Crippen LogP contribution in [0.1, 0.15) is 27.2 Å². The van der Waals surface area contributed by atoms with Crippen molar-refractivity contribution in [1.82, 2.24) is 0 Å². The first-order valence-corrected chi connectivity index (χ1v) is 4.16. The van der Waals surface area contributed by atoms with Crippen LogP contribution < -0.4 is 0 Å². The van der Waals surface area contributed by atoms with Crippen molar-refractivity contribution in [3.63, 3.8) is 0 Å². The van der Waals surface area contributed by atoms with Crippen LogP contribution in [0, 0.1) is 11.3 Å². The number of hydrogen-bond donors (Lipinski definition) is 0. The van der Waals surface area contributed by atoms with Crippen LogP contribution in [0.5, 0.6) is 0 Å². The van der Waals surface area contributed by atoms with Gasteiger partial charge in [0.1, 0.15) is 0 Å². The molecule has 0 heterocycles. The first-order chi connectivity index (χ1) is 5.85. The number of nitriles is 1. The summed E-state index contributed by atoms with van der Waals surface area (Å²) in [6.45, 7) is 9.45. The fourth-order valence-corrected chi connectivity index (χ4v) is 0.540. The third-order valence-electron chi connectivity index (χ3n) is 1.10. The second-order valence-electron chi connectivity index (χ2n) is 1.79. The maximum Gasteiger partial charge on any atom is 0.0669 e. The lowest BCUT2D eigenvalue weighted by atomic mass is 10.2. The molecule has 0 aromatic rings. The Labute approximate surface area is 75.7 Å². The van der Waals surface area contributed by atoms with E-state index in [-0.39, 0.29) is 0 Å². The summed E-state index contributed by atoms with van der Waals surface area (Å²) in [6, 6.07) is 2.07. The molecular weight excluding hydrogens is 146 g/mol. The Morgan fingerprint density at radius 2 is 2.08 bits per heavy atom. The van der Waals surface area contributed by atoms with Crippen LogP contribution in [0.4, 0.5) is 0 Å². The monoisotopic (exact) mass is 163 g/mol. The summed E-state index contributed by atoms with van der Waals surface area (Å²) in [5.41, 5.74) is 1.03. The fraction of sp³-hybridized carbons (Fsp3) is 0.364. The molecule has 0 rings (SSSR count). The second-order valence-corrected chi connectivity index (χ2v) is 1.79. The molecule has 12 heavy (non-hydrogen) atoms. The van der Waals surface area contributed by atoms with Crippen molar-refractivity contribution in [3.05, 3.63) is 36.5 Å². The topological polar surface area (TPSA) is 23.8 Å². The van der Waals surface area contributed by atoms with E-state index in [1.54, 1.807) is 6.08 Å². The summed E-state index contributed by atoms with van der Waals surface area (Å²) in [5.74, 6) is 0. The maximum atomic E-state index is 8.32. The van der Waals surface area contributed by atoms with Crippen molar-refractivity contribution in [2.45, 2.75) is 27.2 Å². The zero-order chi connectivity index (χ0) is 9.82. The highest BCUT2D eigenvalue weighted by Crippen LogP contribution is 2.00. The third-order valence-corrected chi connectivity index (χ3v) is 1.10. The summed E-state index contributed by atoms with van der Waals surface area (Å²) in [6.07, 6.45) is 7.80. The van der Waals surface area contributed by atoms with Gasteiger partial charge in [-0.25, -0.2) is 0 Å². The molecule has 0 radical (unpaired) electrons. The molecule has 0 aliphatic carbocycles. The Morgan fingerprint density at radius 1 is 1.50 bits per heavy atom. The first kappa shape index (κ1) is 13.3. The predicted octanol–water partition coefficient (Wildman–Crippen LogP) is 3.61. The van der Waals surface area contributed by atoms with Gasteiger partial charge in [0.15, 0.2) is 0 Å². The lowest BCUT2D eigenvalue weighted by Crippen LogP contribution is -1.72. The number of nitrogens with zero attached hydrogens (tertiary/aromatic N) is 1. The van der Waals surface area contributed by atoms with Gasteiger partial charge in [-0.05, 0) is 12.5 Å². The number of hydrogen-bond acceptors (Lipinski definition) is 1. The van der Waals surface area contributed by atoms with Crippen molar-refractivity contribution in [1.29, 1.82) is 5.26 Å². The fourth-order valence-electron chi connectivity index (χ4n) is 0.540. The van der Waals surface area contributed by atoms with Gasteiger partial charge in [-0.2, -0.15) is 5.26 Å². The zero-order valence-electron chi connectivity index (χ0n) is 8.17. The predicted molar refractivity (Wildman–Crippen MR) is 54.7 cm³/mol. The standard InChI is InChI=1S/C9H11N.C2H6/c1-3-5-6-9(4-2)7-8-10;1-2/h3-6H,1,7H2,2H3;1-2H3/b6-5-,9-4+;. The minimum absolute atomic E-state index is 0.473. The quantitative estimate of drug-likeness (QED) is 0.583. The Morgan fingerprint density at radius 3 is 2.42 bits per heavy atom. The molecule has 0 saturated heterocycles. The van der Waals surface area contributed by atoms with E-state index in [1.807, 2.05) is 39.0 Å². The van der Waals surface area contributed by atoms with Gasteiger partial charge in [0.25, 0.3) is 0 Å². The van der Waals surface area contributed by atoms with Crippen LogP contribution in [0.3, 0.4) is 0 Å². The van der Waals surface area contributed by atoms with Crippen LogP contribution in [0.25, 0.3) is 0 Å². The van der Waals surface area contributed by atoms with Crippen molar-refractivity contribution in [3.8, 4) is 6.07 Å². The molecule has 0 aromatic carbocycles. The van der Waals surface area contributed by atoms with E-state index in [9.17, 15) is 0 Å². The number of allylic oxidation sites excluding steroid dienone is 5. The molecule has 66 valence electrons. The highest BCUT2D eigenvalue weighted by atomic mass is 14.2. The highest BCUT2D eigenvalue weighted by Gasteiger charge is 1.85. The molecule has 1 nitrogen and oxygen atoms in total. The van der Waals surface area contributed by atoms with Crippen molar-refractivity contribution in [2.24, 2.45) is 0 Å². The van der Waals surface area contributed by atoms with Gasteiger partial charge in [0.05, 0.1) is 12.5 Å². The molecule has 0 spiro atoms. The zero-order valence-corrected chi connectivity index (χ0v) is 8.17. The first-order valence-electron chi connectivity index (χ1n) is 4.16. The van der Waals surface area contributed by atoms with E-state index in [2.05, 4.69) is 12.6 Å². The summed E-state index contributed by atoms with van der Waals surface area (Å²) in [7, 11) is 0. The minimum Gasteiger partial charge on any atom is -0.198 e. The molecule has 0 atom stereocenters. The van der Waals surface area contributed by atoms with Gasteiger partial charge >= 0.3 is 0 Å². The van der Waals surface area contributed by atoms with Crippen molar-refractivity contribution < 1.29 is 0 Å². The van der Waals surface area contributed by atoms with Crippen LogP contribution in [-0.2, 0) is 0 Å². The Balaban J connectivity index is 0. The van der Waals surface area contributed by atoms with Gasteiger partial charge in [0.2, 0.25) is 0 Å². The van der Waals surface area contributed by atoms with E-state index in [4.69, 9.17) is 5.26 Å². The largest absolute Gasteiger partial charge is 0.198 e.